The summed E-state index contributed by atoms with van der Waals surface area (Å²) in [6, 6.07) is 24.1. The Morgan fingerprint density at radius 1 is 0.298 bits per heavy atom. The number of hydrogen-bond acceptors (Lipinski definition) is 12. The Hall–Kier alpha value is -7.86. The molecule has 3 aliphatic rings. The first-order valence-corrected chi connectivity index (χ1v) is 18.7. The number of rotatable bonds is 3. The number of pyridine rings is 6. The summed E-state index contributed by atoms with van der Waals surface area (Å²) in [5.41, 5.74) is 12.8. The Kier molecular flexibility index (Phi) is 6.06. The fraction of sp³-hybridized carbons (Fsp3) is 0.0667. The molecule has 3 aliphatic heterocycles. The molecule has 10 heterocycles. The summed E-state index contributed by atoms with van der Waals surface area (Å²) in [6.07, 6.45) is 12.4. The minimum absolute atomic E-state index is 0.466. The van der Waals surface area contributed by atoms with Crippen LogP contribution in [0.5, 0.6) is 0 Å². The van der Waals surface area contributed by atoms with Crippen molar-refractivity contribution in [2.24, 2.45) is 15.0 Å². The molecule has 0 amide bonds. The number of nitrogens with zero attached hydrogens (tertiary/aromatic N) is 12. The van der Waals surface area contributed by atoms with Gasteiger partial charge >= 0.3 is 0 Å². The van der Waals surface area contributed by atoms with Crippen molar-refractivity contribution in [1.82, 2.24) is 44.9 Å². The third-order valence-corrected chi connectivity index (χ3v) is 11.3. The fourth-order valence-corrected chi connectivity index (χ4v) is 8.83. The van der Waals surface area contributed by atoms with Crippen LogP contribution in [0, 0.1) is 0 Å². The van der Waals surface area contributed by atoms with Crippen molar-refractivity contribution in [2.75, 3.05) is 0 Å². The first-order valence-electron chi connectivity index (χ1n) is 18.7. The van der Waals surface area contributed by atoms with Crippen LogP contribution in [0.3, 0.4) is 0 Å². The lowest BCUT2D eigenvalue weighted by Crippen LogP contribution is -2.20. The van der Waals surface area contributed by atoms with Crippen LogP contribution in [0.1, 0.15) is 34.2 Å². The van der Waals surface area contributed by atoms with E-state index >= 15 is 0 Å². The molecule has 0 spiro atoms. The maximum Gasteiger partial charge on any atom is 0.178 e. The molecule has 0 bridgehead atoms. The van der Waals surface area contributed by atoms with E-state index in [1.165, 1.54) is 0 Å². The molecule has 264 valence electrons. The topological polar surface area (TPSA) is 153 Å². The van der Waals surface area contributed by atoms with Crippen LogP contribution in [0.25, 0.3) is 65.4 Å². The molecule has 7 aromatic heterocycles. The Balaban J connectivity index is 1.02. The third kappa shape index (κ3) is 4.31. The second-order valence-electron chi connectivity index (χ2n) is 14.4. The zero-order chi connectivity index (χ0) is 37.2. The van der Waals surface area contributed by atoms with Gasteiger partial charge in [0.2, 0.25) is 0 Å². The Labute approximate surface area is 322 Å². The van der Waals surface area contributed by atoms with Gasteiger partial charge in [0, 0.05) is 88.8 Å². The number of aliphatic imine (C=N–C) groups is 3. The number of benzene rings is 3. The number of hydrogen-bond donors (Lipinski definition) is 0. The van der Waals surface area contributed by atoms with Gasteiger partial charge in [-0.05, 0) is 71.3 Å². The Morgan fingerprint density at radius 2 is 0.561 bits per heavy atom. The van der Waals surface area contributed by atoms with Crippen molar-refractivity contribution in [2.45, 2.75) is 19.3 Å². The molecule has 12 nitrogen and oxygen atoms in total. The van der Waals surface area contributed by atoms with Gasteiger partial charge in [-0.3, -0.25) is 29.9 Å². The van der Waals surface area contributed by atoms with Crippen LogP contribution in [0.2, 0.25) is 0 Å². The zero-order valence-corrected chi connectivity index (χ0v) is 29.9. The predicted molar refractivity (Wildman–Crippen MR) is 221 cm³/mol. The quantitative estimate of drug-likeness (QED) is 0.164. The highest BCUT2D eigenvalue weighted by molar-refractivity contribution is 6.21. The standard InChI is InChI=1S/C45H24N12/c1-7-22-28-19-31(52-40(28)37-25(10-4-16-49-37)34(22)46-13-1)43-55-44(32-20-29-23-8-2-14-47-35(23)26-11-5-17-50-38(26)41(29)53-32)57-45(56-43)33-21-30-24-9-3-15-48-36(24)27-12-6-18-51-39(27)42(30)54-33/h1-18H,19-21H2. The van der Waals surface area contributed by atoms with E-state index in [2.05, 4.69) is 18.2 Å². The molecule has 12 heteroatoms. The molecule has 0 saturated heterocycles. The molecule has 0 atom stereocenters. The lowest BCUT2D eigenvalue weighted by molar-refractivity contribution is 0.975. The van der Waals surface area contributed by atoms with Gasteiger partial charge in [-0.15, -0.1) is 0 Å². The van der Waals surface area contributed by atoms with Gasteiger partial charge < -0.3 is 0 Å². The van der Waals surface area contributed by atoms with Crippen molar-refractivity contribution < 1.29 is 0 Å². The van der Waals surface area contributed by atoms with Crippen molar-refractivity contribution in [3.05, 3.63) is 144 Å². The van der Waals surface area contributed by atoms with Crippen LogP contribution >= 0.6 is 0 Å². The molecule has 3 aromatic carbocycles. The van der Waals surface area contributed by atoms with Crippen LogP contribution in [0.15, 0.2) is 125 Å². The molecule has 0 fully saturated rings. The van der Waals surface area contributed by atoms with E-state index in [0.29, 0.717) is 53.9 Å². The minimum atomic E-state index is 0.466. The summed E-state index contributed by atoms with van der Waals surface area (Å²) in [6.45, 7) is 0. The fourth-order valence-electron chi connectivity index (χ4n) is 8.83. The molecule has 0 unspecified atom stereocenters. The molecule has 0 N–H and O–H groups in total. The Bertz CT molecular complexity index is 3190. The van der Waals surface area contributed by atoms with Gasteiger partial charge in [0.05, 0.1) is 67.3 Å². The van der Waals surface area contributed by atoms with Gasteiger partial charge in [0.15, 0.2) is 17.5 Å². The van der Waals surface area contributed by atoms with E-state index in [9.17, 15) is 0 Å². The van der Waals surface area contributed by atoms with E-state index in [-0.39, 0.29) is 0 Å². The summed E-state index contributed by atoms with van der Waals surface area (Å²) in [7, 11) is 0. The molecule has 0 saturated carbocycles. The van der Waals surface area contributed by atoms with E-state index in [1.807, 2.05) is 73.2 Å². The SMILES string of the molecule is c1cnc2c(c1)c1c(c3ncccc32)N=C(c2nc(C3=Nc4c(c5cccnc5c5cccnc45)C3)nc(C3=Nc4c(c5cccnc5c5cccnc45)C3)n2)C1. The number of aromatic nitrogens is 9. The van der Waals surface area contributed by atoms with Crippen molar-refractivity contribution in [3.8, 4) is 0 Å². The number of fused-ring (bicyclic) bond motifs is 18. The zero-order valence-electron chi connectivity index (χ0n) is 29.9. The lowest BCUT2D eigenvalue weighted by Gasteiger charge is -2.09. The highest BCUT2D eigenvalue weighted by Crippen LogP contribution is 2.44. The Morgan fingerprint density at radius 3 is 0.860 bits per heavy atom. The van der Waals surface area contributed by atoms with Gasteiger partial charge in [-0.1, -0.05) is 18.2 Å². The first kappa shape index (κ1) is 30.5. The third-order valence-electron chi connectivity index (χ3n) is 11.3. The van der Waals surface area contributed by atoms with Crippen LogP contribution in [-0.2, 0) is 19.3 Å². The average Bonchev–Trinajstić information content (AvgIpc) is 4.06. The highest BCUT2D eigenvalue weighted by atomic mass is 15.1. The van der Waals surface area contributed by atoms with Gasteiger partial charge in [0.25, 0.3) is 0 Å². The molecular weight excluding hydrogens is 709 g/mol. The smallest absolute Gasteiger partial charge is 0.178 e. The largest absolute Gasteiger partial charge is 0.256 e. The second-order valence-corrected chi connectivity index (χ2v) is 14.4. The maximum atomic E-state index is 5.24. The average molecular weight is 733 g/mol. The molecule has 10 aromatic rings. The molecule has 57 heavy (non-hydrogen) atoms. The van der Waals surface area contributed by atoms with Gasteiger partial charge in [-0.2, -0.15) is 0 Å². The van der Waals surface area contributed by atoms with Crippen molar-refractivity contribution in [1.29, 1.82) is 0 Å². The summed E-state index contributed by atoms with van der Waals surface area (Å²) < 4.78 is 0. The van der Waals surface area contributed by atoms with Crippen molar-refractivity contribution in [3.63, 3.8) is 0 Å². The molecule has 0 radical (unpaired) electrons. The normalized spacial score (nSPS) is 14.4. The van der Waals surface area contributed by atoms with Crippen LogP contribution < -0.4 is 0 Å². The van der Waals surface area contributed by atoms with E-state index in [0.717, 1.165) is 99.2 Å². The van der Waals surface area contributed by atoms with Crippen LogP contribution in [0.4, 0.5) is 17.1 Å². The first-order chi connectivity index (χ1) is 28.2. The van der Waals surface area contributed by atoms with E-state index in [4.69, 9.17) is 59.8 Å². The molecule has 0 aliphatic carbocycles. The molecular formula is C45H24N12. The minimum Gasteiger partial charge on any atom is -0.256 e. The predicted octanol–water partition coefficient (Wildman–Crippen LogP) is 8.19. The van der Waals surface area contributed by atoms with Crippen LogP contribution in [-0.4, -0.2) is 62.0 Å². The second kappa shape index (κ2) is 11.3. The highest BCUT2D eigenvalue weighted by Gasteiger charge is 2.31. The molecule has 13 rings (SSSR count). The summed E-state index contributed by atoms with van der Waals surface area (Å²) in [5.74, 6) is 1.40. The monoisotopic (exact) mass is 732 g/mol. The van der Waals surface area contributed by atoms with Crippen molar-refractivity contribution >= 4 is 99.6 Å². The lowest BCUT2D eigenvalue weighted by atomic mass is 9.99. The van der Waals surface area contributed by atoms with Gasteiger partial charge in [0.1, 0.15) is 0 Å². The maximum absolute atomic E-state index is 5.24. The summed E-state index contributed by atoms with van der Waals surface area (Å²) in [4.78, 5) is 59.8. The summed E-state index contributed by atoms with van der Waals surface area (Å²) >= 11 is 0. The van der Waals surface area contributed by atoms with Gasteiger partial charge in [-0.25, -0.2) is 29.9 Å². The van der Waals surface area contributed by atoms with E-state index < -0.39 is 0 Å². The van der Waals surface area contributed by atoms with E-state index in [1.54, 1.807) is 18.6 Å². The summed E-state index contributed by atoms with van der Waals surface area (Å²) in [5, 5.41) is 5.96.